The van der Waals surface area contributed by atoms with Gasteiger partial charge >= 0.3 is 5.69 Å². The molecule has 1 aliphatic rings. The van der Waals surface area contributed by atoms with Gasteiger partial charge in [-0.15, -0.1) is 0 Å². The second kappa shape index (κ2) is 7.42. The zero-order valence-corrected chi connectivity index (χ0v) is 16.1. The van der Waals surface area contributed by atoms with Gasteiger partial charge in [0.2, 0.25) is 0 Å². The topological polar surface area (TPSA) is 81.4 Å². The Morgan fingerprint density at radius 1 is 0.929 bits per heavy atom. The first kappa shape index (κ1) is 18.2. The lowest BCUT2D eigenvalue weighted by Gasteiger charge is -2.38. The van der Waals surface area contributed by atoms with E-state index in [4.69, 9.17) is 4.74 Å². The summed E-state index contributed by atoms with van der Waals surface area (Å²) in [6, 6.07) is 11.9. The van der Waals surface area contributed by atoms with Crippen LogP contribution in [0.1, 0.15) is 12.5 Å². The monoisotopic (exact) mass is 380 g/mol. The molecule has 0 saturated carbocycles. The zero-order valence-electron chi connectivity index (χ0n) is 16.1. The number of hydrogen-bond donors (Lipinski definition) is 2. The second-order valence-electron chi connectivity index (χ2n) is 6.89. The number of anilines is 2. The van der Waals surface area contributed by atoms with Gasteiger partial charge in [0.25, 0.3) is 5.56 Å². The third-order valence-corrected chi connectivity index (χ3v) is 5.39. The van der Waals surface area contributed by atoms with Crippen molar-refractivity contribution in [3.8, 4) is 5.75 Å². The van der Waals surface area contributed by atoms with Crippen molar-refractivity contribution in [1.29, 1.82) is 0 Å². The number of rotatable bonds is 4. The Kier molecular flexibility index (Phi) is 4.81. The van der Waals surface area contributed by atoms with E-state index in [9.17, 15) is 9.59 Å². The minimum atomic E-state index is -0.474. The Morgan fingerprint density at radius 3 is 2.29 bits per heavy atom. The van der Waals surface area contributed by atoms with Gasteiger partial charge in [-0.05, 0) is 36.2 Å². The number of nitrogens with zero attached hydrogens (tertiary/aromatic N) is 2. The molecule has 2 heterocycles. The summed E-state index contributed by atoms with van der Waals surface area (Å²) in [4.78, 5) is 33.7. The minimum absolute atomic E-state index is 0.329. The predicted octanol–water partition coefficient (Wildman–Crippen LogP) is 2.11. The van der Waals surface area contributed by atoms with Crippen molar-refractivity contribution in [2.45, 2.75) is 13.3 Å². The molecule has 146 valence electrons. The Bertz CT molecular complexity index is 1110. The van der Waals surface area contributed by atoms with Crippen LogP contribution in [0.5, 0.6) is 5.75 Å². The van der Waals surface area contributed by atoms with Crippen molar-refractivity contribution in [3.63, 3.8) is 0 Å². The quantitative estimate of drug-likeness (QED) is 0.725. The second-order valence-corrected chi connectivity index (χ2v) is 6.89. The number of nitrogens with one attached hydrogen (secondary N) is 2. The van der Waals surface area contributed by atoms with E-state index >= 15 is 0 Å². The van der Waals surface area contributed by atoms with Gasteiger partial charge in [-0.25, -0.2) is 4.79 Å². The van der Waals surface area contributed by atoms with Crippen LogP contribution in [0.3, 0.4) is 0 Å². The molecule has 0 unspecified atom stereocenters. The molecule has 0 amide bonds. The van der Waals surface area contributed by atoms with Gasteiger partial charge in [0.1, 0.15) is 5.75 Å². The molecule has 1 aliphatic heterocycles. The lowest BCUT2D eigenvalue weighted by atomic mass is 10.0. The smallest absolute Gasteiger partial charge is 0.326 e. The van der Waals surface area contributed by atoms with Crippen LogP contribution in [0, 0.1) is 0 Å². The number of methoxy groups -OCH3 is 1. The van der Waals surface area contributed by atoms with E-state index < -0.39 is 5.69 Å². The molecule has 7 nitrogen and oxygen atoms in total. The molecule has 0 bridgehead atoms. The normalized spacial score (nSPS) is 14.5. The highest BCUT2D eigenvalue weighted by atomic mass is 16.5. The fourth-order valence-corrected chi connectivity index (χ4v) is 4.05. The Morgan fingerprint density at radius 2 is 1.61 bits per heavy atom. The van der Waals surface area contributed by atoms with Crippen molar-refractivity contribution in [2.75, 3.05) is 43.1 Å². The molecule has 2 N–H and O–H groups in total. The molecule has 4 rings (SSSR count). The van der Waals surface area contributed by atoms with E-state index in [0.717, 1.165) is 48.9 Å². The molecule has 3 aromatic rings. The van der Waals surface area contributed by atoms with Gasteiger partial charge in [0.15, 0.2) is 0 Å². The van der Waals surface area contributed by atoms with Crippen LogP contribution in [0.2, 0.25) is 0 Å². The van der Waals surface area contributed by atoms with Crippen molar-refractivity contribution in [3.05, 3.63) is 62.8 Å². The fraction of sp³-hybridized carbons (Fsp3) is 0.333. The van der Waals surface area contributed by atoms with Crippen molar-refractivity contribution >= 4 is 22.3 Å². The minimum Gasteiger partial charge on any atom is -0.495 e. The van der Waals surface area contributed by atoms with Crippen LogP contribution < -0.4 is 25.8 Å². The highest BCUT2D eigenvalue weighted by molar-refractivity contribution is 5.86. The fourth-order valence-electron chi connectivity index (χ4n) is 4.05. The third-order valence-electron chi connectivity index (χ3n) is 5.39. The van der Waals surface area contributed by atoms with Crippen LogP contribution in [-0.2, 0) is 6.42 Å². The van der Waals surface area contributed by atoms with Crippen LogP contribution >= 0.6 is 0 Å². The molecule has 2 aromatic carbocycles. The number of piperazine rings is 1. The van der Waals surface area contributed by atoms with E-state index in [1.54, 1.807) is 7.11 Å². The summed E-state index contributed by atoms with van der Waals surface area (Å²) >= 11 is 0. The number of fused-ring (bicyclic) bond motifs is 1. The zero-order chi connectivity index (χ0) is 19.7. The summed E-state index contributed by atoms with van der Waals surface area (Å²) in [6.45, 7) is 5.45. The number of ether oxygens (including phenoxy) is 1. The van der Waals surface area contributed by atoms with Gasteiger partial charge < -0.3 is 19.5 Å². The first-order chi connectivity index (χ1) is 13.6. The maximum atomic E-state index is 12.4. The maximum absolute atomic E-state index is 12.4. The molecule has 0 atom stereocenters. The Balaban J connectivity index is 1.64. The number of benzene rings is 2. The SMILES string of the molecule is CCc1c(N2CCN(c3ccccc3OC)CC2)ccc2[nH]c(=O)[nH]c(=O)c12. The molecule has 28 heavy (non-hydrogen) atoms. The van der Waals surface area contributed by atoms with Gasteiger partial charge in [-0.1, -0.05) is 19.1 Å². The van der Waals surface area contributed by atoms with Gasteiger partial charge in [-0.3, -0.25) is 9.78 Å². The molecule has 0 spiro atoms. The molecular formula is C21H24N4O3. The highest BCUT2D eigenvalue weighted by Gasteiger charge is 2.22. The number of aryl methyl sites for hydroxylation is 1. The summed E-state index contributed by atoms with van der Waals surface area (Å²) in [5, 5.41) is 0.576. The number of para-hydroxylation sites is 2. The van der Waals surface area contributed by atoms with E-state index in [2.05, 4.69) is 25.8 Å². The van der Waals surface area contributed by atoms with E-state index in [0.29, 0.717) is 17.3 Å². The van der Waals surface area contributed by atoms with Gasteiger partial charge in [-0.2, -0.15) is 0 Å². The first-order valence-corrected chi connectivity index (χ1v) is 9.53. The standard InChI is InChI=1S/C21H24N4O3/c1-3-14-16(9-8-15-19(14)20(26)23-21(27)22-15)24-10-12-25(13-11-24)17-6-4-5-7-18(17)28-2/h4-9H,3,10-13H2,1-2H3,(H2,22,23,26,27). The Hall–Kier alpha value is -3.22. The lowest BCUT2D eigenvalue weighted by molar-refractivity contribution is 0.413. The van der Waals surface area contributed by atoms with Crippen molar-refractivity contribution < 1.29 is 4.74 Å². The lowest BCUT2D eigenvalue weighted by Crippen LogP contribution is -2.47. The number of H-pyrrole nitrogens is 2. The number of aromatic amines is 2. The molecule has 1 saturated heterocycles. The van der Waals surface area contributed by atoms with Crippen molar-refractivity contribution in [1.82, 2.24) is 9.97 Å². The molecule has 1 aromatic heterocycles. The average molecular weight is 380 g/mol. The summed E-state index contributed by atoms with van der Waals surface area (Å²) in [5.41, 5.74) is 2.92. The largest absolute Gasteiger partial charge is 0.495 e. The van der Waals surface area contributed by atoms with Gasteiger partial charge in [0.05, 0.1) is 23.7 Å². The Labute approximate surface area is 162 Å². The van der Waals surface area contributed by atoms with Crippen LogP contribution in [0.4, 0.5) is 11.4 Å². The summed E-state index contributed by atoms with van der Waals surface area (Å²) in [7, 11) is 1.69. The third kappa shape index (κ3) is 3.13. The average Bonchev–Trinajstić information content (AvgIpc) is 2.72. The molecular weight excluding hydrogens is 356 g/mol. The van der Waals surface area contributed by atoms with Crippen LogP contribution in [0.15, 0.2) is 46.0 Å². The van der Waals surface area contributed by atoms with E-state index in [1.165, 1.54) is 0 Å². The maximum Gasteiger partial charge on any atom is 0.326 e. The summed E-state index contributed by atoms with van der Waals surface area (Å²) < 4.78 is 5.50. The molecule has 7 heteroatoms. The van der Waals surface area contributed by atoms with E-state index in [-0.39, 0.29) is 5.56 Å². The summed E-state index contributed by atoms with van der Waals surface area (Å²) in [6.07, 6.45) is 0.717. The first-order valence-electron chi connectivity index (χ1n) is 9.53. The molecule has 0 aliphatic carbocycles. The summed E-state index contributed by atoms with van der Waals surface area (Å²) in [5.74, 6) is 0.881. The van der Waals surface area contributed by atoms with Crippen LogP contribution in [-0.4, -0.2) is 43.3 Å². The van der Waals surface area contributed by atoms with Crippen LogP contribution in [0.25, 0.3) is 10.9 Å². The van der Waals surface area contributed by atoms with E-state index in [1.807, 2.05) is 37.3 Å². The molecule has 1 fully saturated rings. The molecule has 0 radical (unpaired) electrons. The number of hydrogen-bond acceptors (Lipinski definition) is 5. The number of aromatic nitrogens is 2. The van der Waals surface area contributed by atoms with Crippen molar-refractivity contribution in [2.24, 2.45) is 0 Å². The highest BCUT2D eigenvalue weighted by Crippen LogP contribution is 2.31. The predicted molar refractivity (Wildman–Crippen MR) is 112 cm³/mol. The van der Waals surface area contributed by atoms with Gasteiger partial charge in [0, 0.05) is 31.9 Å².